The maximum atomic E-state index is 14.9. The normalized spacial score (nSPS) is 21.8. The Morgan fingerprint density at radius 3 is 2.52 bits per heavy atom. The number of pyridine rings is 1. The number of fused-ring (bicyclic) bond motifs is 6. The molecule has 6 bridgehead atoms. The second-order valence-corrected chi connectivity index (χ2v) is 20.6. The summed E-state index contributed by atoms with van der Waals surface area (Å²) in [5.41, 5.74) is 8.53. The number of ether oxygens (including phenoxy) is 4. The molecule has 0 aliphatic carbocycles. The van der Waals surface area contributed by atoms with Crippen molar-refractivity contribution in [3.05, 3.63) is 58.2 Å². The number of hydrogen-bond acceptors (Lipinski definition) is 12. The Morgan fingerprint density at radius 1 is 1.11 bits per heavy atom. The van der Waals surface area contributed by atoms with Crippen molar-refractivity contribution in [2.45, 2.75) is 103 Å². The molecular weight excluding hydrogens is 865 g/mol. The summed E-state index contributed by atoms with van der Waals surface area (Å²) in [6, 6.07) is 8.20. The van der Waals surface area contributed by atoms with Gasteiger partial charge in [0.05, 0.1) is 64.9 Å². The lowest BCUT2D eigenvalue weighted by Crippen LogP contribution is -2.70. The minimum absolute atomic E-state index is 0.0391. The molecule has 3 aliphatic rings. The lowest BCUT2D eigenvalue weighted by atomic mass is 9.84. The number of benzene rings is 1. The number of urea groups is 1. The molecule has 6 heterocycles. The van der Waals surface area contributed by atoms with Gasteiger partial charge in [0, 0.05) is 86.8 Å². The highest BCUT2D eigenvalue weighted by Crippen LogP contribution is 2.42. The molecule has 1 aromatic carbocycles. The summed E-state index contributed by atoms with van der Waals surface area (Å²) in [6.45, 7) is 14.0. The number of hydrogen-bond donors (Lipinski definition) is 2. The molecule has 18 heteroatoms. The van der Waals surface area contributed by atoms with E-state index >= 15 is 0 Å². The Morgan fingerprint density at radius 2 is 1.86 bits per heavy atom. The van der Waals surface area contributed by atoms with Crippen LogP contribution in [0.1, 0.15) is 76.8 Å². The van der Waals surface area contributed by atoms with Crippen LogP contribution in [0.15, 0.2) is 41.9 Å². The average molecular weight is 928 g/mol. The topological polar surface area (TPSA) is 170 Å². The molecule has 4 amide bonds. The number of hydrazine groups is 1. The summed E-state index contributed by atoms with van der Waals surface area (Å²) < 4.78 is 25.2. The Labute approximate surface area is 389 Å². The molecule has 3 radical (unpaired) electrons. The number of rotatable bonds is 11. The number of nitrogens with zero attached hydrogens (tertiary/aromatic N) is 6. The Hall–Kier alpha value is -4.72. The number of amides is 4. The zero-order chi connectivity index (χ0) is 47.0. The van der Waals surface area contributed by atoms with Crippen LogP contribution in [-0.4, -0.2) is 147 Å². The Bertz CT molecular complexity index is 2420. The highest BCUT2D eigenvalue weighted by molar-refractivity contribution is 7.10. The molecule has 2 N–H and O–H groups in total. The van der Waals surface area contributed by atoms with Crippen molar-refractivity contribution in [2.24, 2.45) is 11.3 Å². The number of aryl methyl sites for hydroxylation is 1. The standard InChI is InChI=1S/C47H63N8O8SSi/c1-11-54-36-17-16-30-20-32(36)33(40(54)31-14-12-18-48-38(31)29(4)61-10)21-45(5,6)24-63-42(57)34-15-13-19-55(51-34)43(58)47(65,22-37-49-35(30)23-64-37)50-41(56)39(28(2)3)52(7)44(59)53(8)46(25-60-9)26-62-27-46/h12,14,16-18,20,23,28-29,34,39,51H,11,13,15,19,21-22,24-27H2,1-10H3,(H,50,56)/t29-,34-,39-,47-/m0/s1. The Kier molecular flexibility index (Phi) is 14.3. The van der Waals surface area contributed by atoms with Crippen LogP contribution in [0.4, 0.5) is 4.79 Å². The summed E-state index contributed by atoms with van der Waals surface area (Å²) in [5, 5.41) is 6.24. The SMILES string of the molecule is CCn1c(-c2cccnc2[C@H](C)OC)c2c3cc(ccc31)-c1csc(n1)C[C@@]([Si])(NC(=O)[C@H](C(C)C)N(C)C(=O)N(C)C1(COC)COC1)C(=O)N1CCC[C@H](N1)C(=O)OCC(C)(C)C2. The molecule has 16 nitrogen and oxygen atoms in total. The number of cyclic esters (lactones) is 1. The van der Waals surface area contributed by atoms with Crippen LogP contribution in [0.3, 0.4) is 0 Å². The van der Waals surface area contributed by atoms with Crippen LogP contribution < -0.4 is 10.7 Å². The lowest BCUT2D eigenvalue weighted by Gasteiger charge is -2.49. The van der Waals surface area contributed by atoms with E-state index in [2.05, 4.69) is 70.6 Å². The summed E-state index contributed by atoms with van der Waals surface area (Å²) in [7, 11) is 10.3. The molecule has 2 fully saturated rings. The highest BCUT2D eigenvalue weighted by atomic mass is 32.1. The van der Waals surface area contributed by atoms with Gasteiger partial charge in [-0.2, -0.15) is 0 Å². The fourth-order valence-corrected chi connectivity index (χ4v) is 10.8. The van der Waals surface area contributed by atoms with Gasteiger partial charge in [0.1, 0.15) is 22.8 Å². The van der Waals surface area contributed by atoms with E-state index in [9.17, 15) is 19.2 Å². The maximum absolute atomic E-state index is 14.9. The second kappa shape index (κ2) is 19.2. The van der Waals surface area contributed by atoms with Crippen molar-refractivity contribution < 1.29 is 38.1 Å². The van der Waals surface area contributed by atoms with Gasteiger partial charge >= 0.3 is 12.0 Å². The van der Waals surface area contributed by atoms with Crippen molar-refractivity contribution in [3.8, 4) is 22.5 Å². The molecule has 0 unspecified atom stereocenters. The number of carbonyl (C=O) groups excluding carboxylic acids is 4. The minimum Gasteiger partial charge on any atom is -0.464 e. The molecule has 3 aromatic heterocycles. The summed E-state index contributed by atoms with van der Waals surface area (Å²) in [4.78, 5) is 70.4. The van der Waals surface area contributed by atoms with Crippen molar-refractivity contribution in [1.82, 2.24) is 40.1 Å². The van der Waals surface area contributed by atoms with E-state index in [-0.39, 0.29) is 38.2 Å². The Balaban J connectivity index is 1.30. The van der Waals surface area contributed by atoms with Crippen molar-refractivity contribution in [2.75, 3.05) is 61.3 Å². The number of esters is 1. The number of nitrogens with one attached hydrogen (secondary N) is 2. The molecule has 0 spiro atoms. The first kappa shape index (κ1) is 48.2. The molecule has 65 heavy (non-hydrogen) atoms. The maximum Gasteiger partial charge on any atom is 0.324 e. The predicted octanol–water partition coefficient (Wildman–Crippen LogP) is 5.12. The molecule has 349 valence electrons. The molecule has 3 aliphatic heterocycles. The molecule has 4 atom stereocenters. The lowest BCUT2D eigenvalue weighted by molar-refractivity contribution is -0.156. The average Bonchev–Trinajstić information content (AvgIpc) is 3.86. The smallest absolute Gasteiger partial charge is 0.324 e. The molecule has 0 saturated carbocycles. The van der Waals surface area contributed by atoms with E-state index in [1.807, 2.05) is 32.2 Å². The largest absolute Gasteiger partial charge is 0.464 e. The van der Waals surface area contributed by atoms with Gasteiger partial charge in [-0.15, -0.1) is 11.3 Å². The van der Waals surface area contributed by atoms with Gasteiger partial charge in [0.25, 0.3) is 5.91 Å². The third-order valence-electron chi connectivity index (χ3n) is 13.0. The van der Waals surface area contributed by atoms with Crippen LogP contribution in [-0.2, 0) is 52.7 Å². The number of likely N-dealkylation sites (N-methyl/N-ethyl adjacent to an activating group) is 2. The number of aromatic nitrogens is 3. The van der Waals surface area contributed by atoms with E-state index in [4.69, 9.17) is 28.9 Å². The van der Waals surface area contributed by atoms with Crippen LogP contribution in [0, 0.1) is 11.3 Å². The van der Waals surface area contributed by atoms with E-state index in [0.29, 0.717) is 44.0 Å². The first-order chi connectivity index (χ1) is 30.9. The third-order valence-corrected chi connectivity index (χ3v) is 14.4. The fourth-order valence-electron chi connectivity index (χ4n) is 9.35. The van der Waals surface area contributed by atoms with Gasteiger partial charge in [-0.05, 0) is 68.9 Å². The first-order valence-electron chi connectivity index (χ1n) is 22.3. The number of carbonyl (C=O) groups is 4. The minimum atomic E-state index is -1.74. The molecule has 7 rings (SSSR count). The van der Waals surface area contributed by atoms with E-state index < -0.39 is 52.0 Å². The third kappa shape index (κ3) is 9.47. The van der Waals surface area contributed by atoms with E-state index in [1.54, 1.807) is 39.4 Å². The monoisotopic (exact) mass is 927 g/mol. The number of thiazole rings is 1. The summed E-state index contributed by atoms with van der Waals surface area (Å²) in [6.07, 6.45) is 3.02. The molecule has 2 saturated heterocycles. The first-order valence-corrected chi connectivity index (χ1v) is 23.7. The summed E-state index contributed by atoms with van der Waals surface area (Å²) >= 11 is 1.38. The van der Waals surface area contributed by atoms with Crippen LogP contribution >= 0.6 is 11.3 Å². The van der Waals surface area contributed by atoms with E-state index in [0.717, 1.165) is 44.7 Å². The van der Waals surface area contributed by atoms with Gasteiger partial charge in [-0.1, -0.05) is 33.8 Å². The predicted molar refractivity (Wildman–Crippen MR) is 249 cm³/mol. The molecular formula is C47H63N8O8SSi. The quantitative estimate of drug-likeness (QED) is 0.151. The zero-order valence-corrected chi connectivity index (χ0v) is 41.1. The van der Waals surface area contributed by atoms with Gasteiger partial charge in [-0.3, -0.25) is 24.4 Å². The molecule has 4 aromatic rings. The van der Waals surface area contributed by atoms with Crippen LogP contribution in [0.25, 0.3) is 33.4 Å². The highest BCUT2D eigenvalue weighted by Gasteiger charge is 2.48. The van der Waals surface area contributed by atoms with Crippen molar-refractivity contribution >= 4 is 56.3 Å². The van der Waals surface area contributed by atoms with Gasteiger partial charge in [-0.25, -0.2) is 15.2 Å². The van der Waals surface area contributed by atoms with Gasteiger partial charge in [0.15, 0.2) is 0 Å². The van der Waals surface area contributed by atoms with Gasteiger partial charge < -0.3 is 38.6 Å². The fraction of sp³-hybridized carbons (Fsp3) is 0.574. The van der Waals surface area contributed by atoms with Crippen molar-refractivity contribution in [3.63, 3.8) is 0 Å². The van der Waals surface area contributed by atoms with Crippen LogP contribution in [0.2, 0.25) is 0 Å². The van der Waals surface area contributed by atoms with Gasteiger partial charge in [0.2, 0.25) is 5.91 Å². The summed E-state index contributed by atoms with van der Waals surface area (Å²) in [5.74, 6) is -1.89. The second-order valence-electron chi connectivity index (χ2n) is 18.8. The van der Waals surface area contributed by atoms with Crippen LogP contribution in [0.5, 0.6) is 0 Å². The zero-order valence-electron chi connectivity index (χ0n) is 39.3. The van der Waals surface area contributed by atoms with Crippen molar-refractivity contribution in [1.29, 1.82) is 0 Å². The van der Waals surface area contributed by atoms with E-state index in [1.165, 1.54) is 21.2 Å². The number of methoxy groups -OCH3 is 2.